The van der Waals surface area contributed by atoms with Crippen molar-refractivity contribution < 1.29 is 14.5 Å². The van der Waals surface area contributed by atoms with E-state index in [9.17, 15) is 14.9 Å². The Labute approximate surface area is 138 Å². The average molecular weight is 330 g/mol. The number of esters is 1. The number of aromatic nitrogens is 2. The zero-order chi connectivity index (χ0) is 17.1. The van der Waals surface area contributed by atoms with Crippen LogP contribution in [0.4, 0.5) is 11.4 Å². The second-order valence-corrected chi connectivity index (χ2v) is 5.81. The number of nitrogens with zero attached hydrogens (tertiary/aromatic N) is 3. The SMILES string of the molecule is COC(=O)c1ccc([N+](=O)[O-])c(NCc2cncn2CC2CC2)c1. The fraction of sp³-hybridized carbons (Fsp3) is 0.375. The van der Waals surface area contributed by atoms with Crippen molar-refractivity contribution in [1.82, 2.24) is 9.55 Å². The van der Waals surface area contributed by atoms with Gasteiger partial charge in [-0.2, -0.15) is 0 Å². The van der Waals surface area contributed by atoms with Gasteiger partial charge in [-0.3, -0.25) is 10.1 Å². The van der Waals surface area contributed by atoms with Crippen LogP contribution in [0.2, 0.25) is 0 Å². The van der Waals surface area contributed by atoms with Gasteiger partial charge in [0.25, 0.3) is 5.69 Å². The quantitative estimate of drug-likeness (QED) is 0.476. The molecule has 1 aliphatic carbocycles. The van der Waals surface area contributed by atoms with Crippen LogP contribution in [0.5, 0.6) is 0 Å². The van der Waals surface area contributed by atoms with E-state index in [0.29, 0.717) is 12.5 Å². The van der Waals surface area contributed by atoms with Crippen LogP contribution in [-0.2, 0) is 17.8 Å². The lowest BCUT2D eigenvalue weighted by Crippen LogP contribution is -2.10. The van der Waals surface area contributed by atoms with Crippen molar-refractivity contribution in [1.29, 1.82) is 0 Å². The van der Waals surface area contributed by atoms with Gasteiger partial charge in [-0.15, -0.1) is 0 Å². The van der Waals surface area contributed by atoms with Gasteiger partial charge in [0.15, 0.2) is 0 Å². The first kappa shape index (κ1) is 16.0. The van der Waals surface area contributed by atoms with Gasteiger partial charge < -0.3 is 14.6 Å². The van der Waals surface area contributed by atoms with Crippen LogP contribution in [0.15, 0.2) is 30.7 Å². The molecule has 1 aromatic carbocycles. The normalized spacial score (nSPS) is 13.5. The van der Waals surface area contributed by atoms with Crippen molar-refractivity contribution >= 4 is 17.3 Å². The molecule has 0 spiro atoms. The summed E-state index contributed by atoms with van der Waals surface area (Å²) < 4.78 is 6.72. The van der Waals surface area contributed by atoms with Crippen LogP contribution in [-0.4, -0.2) is 27.6 Å². The standard InChI is InChI=1S/C16H18N4O4/c1-24-16(21)12-4-5-15(20(22)23)14(6-12)18-8-13-7-17-10-19(13)9-11-2-3-11/h4-7,10-11,18H,2-3,8-9H2,1H3. The highest BCUT2D eigenvalue weighted by Gasteiger charge is 2.23. The number of benzene rings is 1. The molecule has 8 nitrogen and oxygen atoms in total. The summed E-state index contributed by atoms with van der Waals surface area (Å²) in [7, 11) is 1.27. The molecule has 0 bridgehead atoms. The van der Waals surface area contributed by atoms with Gasteiger partial charge in [0, 0.05) is 18.8 Å². The number of hydrogen-bond donors (Lipinski definition) is 1. The highest BCUT2D eigenvalue weighted by atomic mass is 16.6. The van der Waals surface area contributed by atoms with Gasteiger partial charge >= 0.3 is 5.97 Å². The van der Waals surface area contributed by atoms with Crippen molar-refractivity contribution in [2.45, 2.75) is 25.9 Å². The van der Waals surface area contributed by atoms with E-state index in [1.807, 2.05) is 0 Å². The molecule has 0 amide bonds. The van der Waals surface area contributed by atoms with E-state index in [2.05, 4.69) is 19.6 Å². The smallest absolute Gasteiger partial charge is 0.337 e. The molecule has 1 N–H and O–H groups in total. The summed E-state index contributed by atoms with van der Waals surface area (Å²) in [5.41, 5.74) is 1.40. The summed E-state index contributed by atoms with van der Waals surface area (Å²) in [6.45, 7) is 1.31. The van der Waals surface area contributed by atoms with Gasteiger partial charge in [-0.05, 0) is 30.9 Å². The van der Waals surface area contributed by atoms with E-state index >= 15 is 0 Å². The minimum absolute atomic E-state index is 0.0871. The highest BCUT2D eigenvalue weighted by molar-refractivity contribution is 5.91. The van der Waals surface area contributed by atoms with Crippen molar-refractivity contribution in [3.05, 3.63) is 52.1 Å². The number of hydrogen-bond acceptors (Lipinski definition) is 6. The van der Waals surface area contributed by atoms with Gasteiger partial charge in [-0.25, -0.2) is 9.78 Å². The molecule has 126 valence electrons. The number of imidazole rings is 1. The molecule has 8 heteroatoms. The highest BCUT2D eigenvalue weighted by Crippen LogP contribution is 2.31. The van der Waals surface area contributed by atoms with Gasteiger partial charge in [0.1, 0.15) is 5.69 Å². The molecular weight excluding hydrogens is 312 g/mol. The monoisotopic (exact) mass is 330 g/mol. The molecule has 1 fully saturated rings. The first-order chi connectivity index (χ1) is 11.6. The predicted molar refractivity (Wildman–Crippen MR) is 86.7 cm³/mol. The van der Waals surface area contributed by atoms with Crippen molar-refractivity contribution in [2.75, 3.05) is 12.4 Å². The molecule has 1 saturated carbocycles. The number of ether oxygens (including phenoxy) is 1. The Morgan fingerprint density at radius 1 is 1.50 bits per heavy atom. The summed E-state index contributed by atoms with van der Waals surface area (Å²) in [4.78, 5) is 26.5. The first-order valence-corrected chi connectivity index (χ1v) is 7.68. The number of nitro groups is 1. The molecule has 24 heavy (non-hydrogen) atoms. The third kappa shape index (κ3) is 3.53. The molecule has 2 aromatic rings. The lowest BCUT2D eigenvalue weighted by Gasteiger charge is -2.11. The Bertz CT molecular complexity index is 767. The predicted octanol–water partition coefficient (Wildman–Crippen LogP) is 2.60. The Morgan fingerprint density at radius 2 is 2.29 bits per heavy atom. The number of anilines is 1. The van der Waals surface area contributed by atoms with Crippen LogP contribution in [0, 0.1) is 16.0 Å². The van der Waals surface area contributed by atoms with Gasteiger partial charge in [0.2, 0.25) is 0 Å². The molecule has 1 aromatic heterocycles. The second kappa shape index (κ2) is 6.69. The molecule has 1 aliphatic rings. The van der Waals surface area contributed by atoms with E-state index < -0.39 is 10.9 Å². The maximum absolute atomic E-state index is 11.6. The molecule has 0 radical (unpaired) electrons. The molecule has 0 aliphatic heterocycles. The third-order valence-electron chi connectivity index (χ3n) is 4.02. The maximum atomic E-state index is 11.6. The minimum Gasteiger partial charge on any atom is -0.465 e. The fourth-order valence-electron chi connectivity index (χ4n) is 2.51. The van der Waals surface area contributed by atoms with E-state index in [4.69, 9.17) is 0 Å². The molecule has 0 atom stereocenters. The molecule has 1 heterocycles. The van der Waals surface area contributed by atoms with Crippen LogP contribution < -0.4 is 5.32 Å². The fourth-order valence-corrected chi connectivity index (χ4v) is 2.51. The van der Waals surface area contributed by atoms with Crippen LogP contribution in [0.1, 0.15) is 28.9 Å². The van der Waals surface area contributed by atoms with Crippen molar-refractivity contribution in [3.63, 3.8) is 0 Å². The number of nitro benzene ring substituents is 1. The van der Waals surface area contributed by atoms with Crippen LogP contribution in [0.3, 0.4) is 0 Å². The van der Waals surface area contributed by atoms with Crippen molar-refractivity contribution in [2.24, 2.45) is 5.92 Å². The Kier molecular flexibility index (Phi) is 4.45. The minimum atomic E-state index is -0.535. The van der Waals surface area contributed by atoms with Gasteiger partial charge in [0.05, 0.1) is 36.2 Å². The van der Waals surface area contributed by atoms with Crippen molar-refractivity contribution in [3.8, 4) is 0 Å². The summed E-state index contributed by atoms with van der Waals surface area (Å²) in [5, 5.41) is 14.2. The molecular formula is C16H18N4O4. The molecule has 0 unspecified atom stereocenters. The van der Waals surface area contributed by atoms with E-state index in [0.717, 1.165) is 12.2 Å². The summed E-state index contributed by atoms with van der Waals surface area (Å²) >= 11 is 0. The summed E-state index contributed by atoms with van der Waals surface area (Å²) in [6, 6.07) is 4.12. The Balaban J connectivity index is 1.78. The summed E-state index contributed by atoms with van der Waals surface area (Å²) in [6.07, 6.45) is 5.98. The number of nitrogens with one attached hydrogen (secondary N) is 1. The zero-order valence-electron chi connectivity index (χ0n) is 13.3. The zero-order valence-corrected chi connectivity index (χ0v) is 13.3. The Hall–Kier alpha value is -2.90. The van der Waals surface area contributed by atoms with E-state index in [1.165, 1.54) is 38.2 Å². The van der Waals surface area contributed by atoms with E-state index in [-0.39, 0.29) is 16.9 Å². The number of methoxy groups -OCH3 is 1. The first-order valence-electron chi connectivity index (χ1n) is 7.68. The number of carbonyl (C=O) groups excluding carboxylic acids is 1. The second-order valence-electron chi connectivity index (χ2n) is 5.81. The third-order valence-corrected chi connectivity index (χ3v) is 4.02. The number of carbonyl (C=O) groups is 1. The van der Waals surface area contributed by atoms with Crippen LogP contribution >= 0.6 is 0 Å². The lowest BCUT2D eigenvalue weighted by molar-refractivity contribution is -0.384. The number of rotatable bonds is 7. The Morgan fingerprint density at radius 3 is 2.96 bits per heavy atom. The van der Waals surface area contributed by atoms with E-state index in [1.54, 1.807) is 12.5 Å². The van der Waals surface area contributed by atoms with Gasteiger partial charge in [-0.1, -0.05) is 0 Å². The summed E-state index contributed by atoms with van der Waals surface area (Å²) in [5.74, 6) is 0.168. The lowest BCUT2D eigenvalue weighted by atomic mass is 10.1. The van der Waals surface area contributed by atoms with Crippen LogP contribution in [0.25, 0.3) is 0 Å². The average Bonchev–Trinajstić information content (AvgIpc) is 3.29. The maximum Gasteiger partial charge on any atom is 0.337 e. The largest absolute Gasteiger partial charge is 0.465 e. The topological polar surface area (TPSA) is 99.3 Å². The molecule has 3 rings (SSSR count). The molecule has 0 saturated heterocycles.